The van der Waals surface area contributed by atoms with E-state index in [-0.39, 0.29) is 0 Å². The number of rotatable bonds is 0. The van der Waals surface area contributed by atoms with Gasteiger partial charge in [0.25, 0.3) is 0 Å². The normalized spacial score (nSPS) is 9.79. The zero-order chi connectivity index (χ0) is 10.7. The molecule has 1 heterocycles. The number of fused-ring (bicyclic) bond motifs is 1. The summed E-state index contributed by atoms with van der Waals surface area (Å²) in [5.74, 6) is 0. The largest absolute Gasteiger partial charge is 0.351 e. The van der Waals surface area contributed by atoms with Crippen LogP contribution in [0.4, 0.5) is 0 Å². The molecule has 0 bridgehead atoms. The molecule has 0 spiro atoms. The van der Waals surface area contributed by atoms with Crippen molar-refractivity contribution in [3.63, 3.8) is 0 Å². The third-order valence-corrected chi connectivity index (χ3v) is 2.57. The van der Waals surface area contributed by atoms with Crippen LogP contribution in [0.3, 0.4) is 0 Å². The smallest absolute Gasteiger partial charge is 0.0481 e. The minimum absolute atomic E-state index is 0.841. The van der Waals surface area contributed by atoms with Gasteiger partial charge in [-0.25, -0.2) is 0 Å². The molecule has 0 N–H and O–H groups in total. The van der Waals surface area contributed by atoms with E-state index < -0.39 is 0 Å². The molecular formula is C12H16ClN. The van der Waals surface area contributed by atoms with Gasteiger partial charge in [0.05, 0.1) is 0 Å². The number of benzene rings is 1. The van der Waals surface area contributed by atoms with E-state index in [2.05, 4.69) is 16.7 Å². The molecule has 1 nitrogen and oxygen atoms in total. The van der Waals surface area contributed by atoms with Gasteiger partial charge in [0.15, 0.2) is 0 Å². The van der Waals surface area contributed by atoms with Crippen molar-refractivity contribution in [2.75, 3.05) is 0 Å². The monoisotopic (exact) mass is 209 g/mol. The average Bonchev–Trinajstić information content (AvgIpc) is 2.53. The molecule has 14 heavy (non-hydrogen) atoms. The van der Waals surface area contributed by atoms with Crippen LogP contribution >= 0.6 is 11.6 Å². The maximum Gasteiger partial charge on any atom is 0.0481 e. The van der Waals surface area contributed by atoms with Crippen molar-refractivity contribution in [2.24, 2.45) is 7.05 Å². The maximum atomic E-state index is 5.99. The van der Waals surface area contributed by atoms with Gasteiger partial charge in [0.2, 0.25) is 0 Å². The third-order valence-electron chi connectivity index (χ3n) is 2.17. The van der Waals surface area contributed by atoms with Gasteiger partial charge in [-0.3, -0.25) is 0 Å². The molecule has 2 rings (SSSR count). The fraction of sp³-hybridized carbons (Fsp3) is 0.333. The molecule has 0 aliphatic carbocycles. The molecule has 76 valence electrons. The number of aryl methyl sites for hydroxylation is 2. The highest BCUT2D eigenvalue weighted by molar-refractivity contribution is 6.32. The second-order valence-corrected chi connectivity index (χ2v) is 3.49. The summed E-state index contributed by atoms with van der Waals surface area (Å²) in [6.45, 7) is 6.02. The Labute approximate surface area is 90.3 Å². The summed E-state index contributed by atoms with van der Waals surface area (Å²) in [4.78, 5) is 0. The lowest BCUT2D eigenvalue weighted by Gasteiger charge is -1.99. The van der Waals surface area contributed by atoms with E-state index in [4.69, 9.17) is 11.6 Å². The molecule has 0 fully saturated rings. The summed E-state index contributed by atoms with van der Waals surface area (Å²) in [5.41, 5.74) is 2.36. The van der Waals surface area contributed by atoms with Crippen molar-refractivity contribution in [1.82, 2.24) is 4.57 Å². The quantitative estimate of drug-likeness (QED) is 0.614. The van der Waals surface area contributed by atoms with E-state index in [1.807, 2.05) is 40.1 Å². The SMILES string of the molecule is CC.Cc1cc2c(ccn2C)cc1Cl. The Morgan fingerprint density at radius 2 is 1.86 bits per heavy atom. The molecule has 0 atom stereocenters. The van der Waals surface area contributed by atoms with Gasteiger partial charge in [0, 0.05) is 29.2 Å². The zero-order valence-corrected chi connectivity index (χ0v) is 9.89. The number of aromatic nitrogens is 1. The van der Waals surface area contributed by atoms with Crippen LogP contribution < -0.4 is 0 Å². The highest BCUT2D eigenvalue weighted by Gasteiger charge is 2.00. The van der Waals surface area contributed by atoms with Crippen molar-refractivity contribution in [3.8, 4) is 0 Å². The predicted octanol–water partition coefficient (Wildman–Crippen LogP) is 4.17. The van der Waals surface area contributed by atoms with E-state index >= 15 is 0 Å². The molecule has 0 saturated heterocycles. The molecule has 2 heteroatoms. The van der Waals surface area contributed by atoms with Gasteiger partial charge in [-0.1, -0.05) is 25.4 Å². The van der Waals surface area contributed by atoms with Gasteiger partial charge < -0.3 is 4.57 Å². The van der Waals surface area contributed by atoms with Gasteiger partial charge >= 0.3 is 0 Å². The molecule has 0 unspecified atom stereocenters. The summed E-state index contributed by atoms with van der Waals surface area (Å²) in [6.07, 6.45) is 2.04. The Kier molecular flexibility index (Phi) is 3.59. The fourth-order valence-corrected chi connectivity index (χ4v) is 1.57. The Morgan fingerprint density at radius 3 is 2.50 bits per heavy atom. The van der Waals surface area contributed by atoms with Crippen LogP contribution in [0.2, 0.25) is 5.02 Å². The highest BCUT2D eigenvalue weighted by atomic mass is 35.5. The lowest BCUT2D eigenvalue weighted by Crippen LogP contribution is -1.84. The minimum Gasteiger partial charge on any atom is -0.351 e. The lowest BCUT2D eigenvalue weighted by molar-refractivity contribution is 0.968. The van der Waals surface area contributed by atoms with E-state index in [9.17, 15) is 0 Å². The predicted molar refractivity (Wildman–Crippen MR) is 64.0 cm³/mol. The second-order valence-electron chi connectivity index (χ2n) is 3.09. The molecular weight excluding hydrogens is 194 g/mol. The maximum absolute atomic E-state index is 5.99. The van der Waals surface area contributed by atoms with Crippen LogP contribution in [0.1, 0.15) is 19.4 Å². The molecule has 1 aromatic carbocycles. The van der Waals surface area contributed by atoms with Gasteiger partial charge in [-0.05, 0) is 30.7 Å². The van der Waals surface area contributed by atoms with Crippen LogP contribution in [-0.4, -0.2) is 4.57 Å². The van der Waals surface area contributed by atoms with Crippen LogP contribution in [0.15, 0.2) is 24.4 Å². The average molecular weight is 210 g/mol. The van der Waals surface area contributed by atoms with Crippen LogP contribution in [-0.2, 0) is 7.05 Å². The fourth-order valence-electron chi connectivity index (χ4n) is 1.39. The van der Waals surface area contributed by atoms with E-state index in [1.165, 1.54) is 10.9 Å². The highest BCUT2D eigenvalue weighted by Crippen LogP contribution is 2.23. The summed E-state index contributed by atoms with van der Waals surface area (Å²) in [5, 5.41) is 2.04. The van der Waals surface area contributed by atoms with E-state index in [0.29, 0.717) is 0 Å². The van der Waals surface area contributed by atoms with Gasteiger partial charge in [-0.15, -0.1) is 0 Å². The van der Waals surface area contributed by atoms with Crippen molar-refractivity contribution < 1.29 is 0 Å². The van der Waals surface area contributed by atoms with Crippen molar-refractivity contribution in [3.05, 3.63) is 35.0 Å². The Bertz CT molecular complexity index is 429. The first kappa shape index (κ1) is 11.1. The number of halogens is 1. The van der Waals surface area contributed by atoms with Gasteiger partial charge in [0.1, 0.15) is 0 Å². The molecule has 0 aliphatic rings. The first-order chi connectivity index (χ1) is 6.68. The molecule has 0 radical (unpaired) electrons. The van der Waals surface area contributed by atoms with Crippen LogP contribution in [0.25, 0.3) is 10.9 Å². The molecule has 0 saturated carbocycles. The molecule has 2 aromatic rings. The lowest BCUT2D eigenvalue weighted by atomic mass is 10.2. The molecule has 1 aromatic heterocycles. The van der Waals surface area contributed by atoms with Crippen LogP contribution in [0.5, 0.6) is 0 Å². The number of hydrogen-bond acceptors (Lipinski definition) is 0. The second kappa shape index (κ2) is 4.52. The summed E-state index contributed by atoms with van der Waals surface area (Å²) in [7, 11) is 2.04. The van der Waals surface area contributed by atoms with Crippen molar-refractivity contribution in [2.45, 2.75) is 20.8 Å². The number of hydrogen-bond donors (Lipinski definition) is 0. The summed E-state index contributed by atoms with van der Waals surface area (Å²) >= 11 is 5.99. The first-order valence-corrected chi connectivity index (χ1v) is 5.27. The molecule has 0 aliphatic heterocycles. The molecule has 0 amide bonds. The minimum atomic E-state index is 0.841. The first-order valence-electron chi connectivity index (χ1n) is 4.89. The van der Waals surface area contributed by atoms with E-state index in [0.717, 1.165) is 10.6 Å². The summed E-state index contributed by atoms with van der Waals surface area (Å²) < 4.78 is 2.10. The van der Waals surface area contributed by atoms with Gasteiger partial charge in [-0.2, -0.15) is 0 Å². The Hall–Kier alpha value is -0.950. The Morgan fingerprint density at radius 1 is 1.21 bits per heavy atom. The zero-order valence-electron chi connectivity index (χ0n) is 9.13. The van der Waals surface area contributed by atoms with Crippen molar-refractivity contribution >= 4 is 22.5 Å². The number of nitrogens with zero attached hydrogens (tertiary/aromatic N) is 1. The van der Waals surface area contributed by atoms with Crippen molar-refractivity contribution in [1.29, 1.82) is 0 Å². The summed E-state index contributed by atoms with van der Waals surface area (Å²) in [6, 6.07) is 6.19. The standard InChI is InChI=1S/C10H10ClN.C2H6/c1-7-5-10-8(6-9(7)11)3-4-12(10)2;1-2/h3-6H,1-2H3;1-2H3. The van der Waals surface area contributed by atoms with E-state index in [1.54, 1.807) is 0 Å². The topological polar surface area (TPSA) is 4.93 Å². The van der Waals surface area contributed by atoms with Crippen LogP contribution in [0, 0.1) is 6.92 Å². The Balaban J connectivity index is 0.000000461. The third kappa shape index (κ3) is 1.93.